The molecule has 0 aromatic rings. The van der Waals surface area contributed by atoms with E-state index in [-0.39, 0.29) is 5.41 Å². The number of carbonyl (C=O) groups is 1. The highest BCUT2D eigenvalue weighted by atomic mass is 16.1. The molecule has 0 spiro atoms. The van der Waals surface area contributed by atoms with Gasteiger partial charge in [0, 0.05) is 18.0 Å². The first kappa shape index (κ1) is 14.6. The van der Waals surface area contributed by atoms with Gasteiger partial charge in [0.15, 0.2) is 0 Å². The summed E-state index contributed by atoms with van der Waals surface area (Å²) in [7, 11) is 2.13. The topological polar surface area (TPSA) is 20.3 Å². The molecule has 2 heteroatoms. The van der Waals surface area contributed by atoms with E-state index in [9.17, 15) is 4.79 Å². The minimum absolute atomic E-state index is 0.128. The zero-order valence-corrected chi connectivity index (χ0v) is 11.0. The first-order valence-electron chi connectivity index (χ1n) is 6.21. The third-order valence-electron chi connectivity index (χ3n) is 3.68. The molecule has 0 N–H and O–H groups in total. The Kier molecular flexibility index (Phi) is 6.82. The average Bonchev–Trinajstić information content (AvgIpc) is 2.26. The Hall–Kier alpha value is -0.370. The maximum Gasteiger partial charge on any atom is 0.127 e. The summed E-state index contributed by atoms with van der Waals surface area (Å²) < 4.78 is 0. The number of hydrogen-bond donors (Lipinski definition) is 0. The lowest BCUT2D eigenvalue weighted by atomic mass is 9.83. The van der Waals surface area contributed by atoms with Crippen molar-refractivity contribution in [3.05, 3.63) is 0 Å². The van der Waals surface area contributed by atoms with Crippen LogP contribution in [-0.2, 0) is 4.79 Å². The van der Waals surface area contributed by atoms with Gasteiger partial charge in [0.1, 0.15) is 6.29 Å². The first-order chi connectivity index (χ1) is 7.05. The lowest BCUT2D eigenvalue weighted by Gasteiger charge is -2.34. The van der Waals surface area contributed by atoms with Gasteiger partial charge in [-0.3, -0.25) is 0 Å². The fourth-order valence-electron chi connectivity index (χ4n) is 1.97. The van der Waals surface area contributed by atoms with Crippen molar-refractivity contribution in [1.29, 1.82) is 0 Å². The third kappa shape index (κ3) is 4.33. The van der Waals surface area contributed by atoms with E-state index in [4.69, 9.17) is 0 Å². The van der Waals surface area contributed by atoms with Gasteiger partial charge in [-0.25, -0.2) is 0 Å². The summed E-state index contributed by atoms with van der Waals surface area (Å²) in [5.41, 5.74) is -0.128. The van der Waals surface area contributed by atoms with Crippen molar-refractivity contribution in [1.82, 2.24) is 4.90 Å². The van der Waals surface area contributed by atoms with E-state index in [1.807, 2.05) is 0 Å². The monoisotopic (exact) mass is 213 g/mol. The molecule has 0 aromatic heterocycles. The number of carbonyl (C=O) groups excluding carboxylic acids is 1. The van der Waals surface area contributed by atoms with Gasteiger partial charge in [-0.2, -0.15) is 0 Å². The molecular formula is C13H27NO. The molecule has 0 aliphatic heterocycles. The van der Waals surface area contributed by atoms with Gasteiger partial charge < -0.3 is 9.69 Å². The van der Waals surface area contributed by atoms with Crippen LogP contribution in [0, 0.1) is 5.41 Å². The smallest absolute Gasteiger partial charge is 0.127 e. The largest absolute Gasteiger partial charge is 0.303 e. The molecule has 0 saturated carbocycles. The lowest BCUT2D eigenvalue weighted by Crippen LogP contribution is -2.40. The van der Waals surface area contributed by atoms with Crippen molar-refractivity contribution in [2.45, 2.75) is 59.4 Å². The molecule has 0 bridgehead atoms. The molecule has 1 unspecified atom stereocenters. The van der Waals surface area contributed by atoms with Crippen molar-refractivity contribution in [2.24, 2.45) is 5.41 Å². The number of nitrogens with zero attached hydrogens (tertiary/aromatic N) is 1. The standard InChI is InChI=1S/C13H27NO/c1-6-9-12(4)14(5)10-13(7-2,8-3)11-15/h11-12H,6-10H2,1-5H3. The van der Waals surface area contributed by atoms with Crippen LogP contribution in [0.5, 0.6) is 0 Å². The van der Waals surface area contributed by atoms with Crippen LogP contribution in [-0.4, -0.2) is 30.8 Å². The highest BCUT2D eigenvalue weighted by Gasteiger charge is 2.28. The summed E-state index contributed by atoms with van der Waals surface area (Å²) in [6.45, 7) is 9.55. The fourth-order valence-corrected chi connectivity index (χ4v) is 1.97. The Bertz CT molecular complexity index is 175. The molecule has 0 rings (SSSR count). The minimum atomic E-state index is -0.128. The van der Waals surface area contributed by atoms with Crippen molar-refractivity contribution in [2.75, 3.05) is 13.6 Å². The molecule has 0 saturated heterocycles. The van der Waals surface area contributed by atoms with E-state index in [1.165, 1.54) is 12.8 Å². The Labute approximate surface area is 95.0 Å². The second-order valence-corrected chi connectivity index (χ2v) is 4.74. The third-order valence-corrected chi connectivity index (χ3v) is 3.68. The van der Waals surface area contributed by atoms with Crippen LogP contribution in [0.15, 0.2) is 0 Å². The van der Waals surface area contributed by atoms with Crippen LogP contribution in [0.2, 0.25) is 0 Å². The van der Waals surface area contributed by atoms with Crippen molar-refractivity contribution < 1.29 is 4.79 Å². The van der Waals surface area contributed by atoms with Gasteiger partial charge in [0.05, 0.1) is 0 Å². The van der Waals surface area contributed by atoms with E-state index in [0.717, 1.165) is 25.7 Å². The molecule has 0 aliphatic rings. The van der Waals surface area contributed by atoms with Crippen molar-refractivity contribution in [3.63, 3.8) is 0 Å². The number of rotatable bonds is 8. The quantitative estimate of drug-likeness (QED) is 0.577. The number of aldehydes is 1. The molecule has 0 aromatic carbocycles. The predicted molar refractivity (Wildman–Crippen MR) is 66.1 cm³/mol. The molecule has 0 aliphatic carbocycles. The number of hydrogen-bond acceptors (Lipinski definition) is 2. The van der Waals surface area contributed by atoms with Gasteiger partial charge in [-0.1, -0.05) is 27.2 Å². The van der Waals surface area contributed by atoms with Crippen molar-refractivity contribution >= 4 is 6.29 Å². The summed E-state index contributed by atoms with van der Waals surface area (Å²) in [5.74, 6) is 0. The van der Waals surface area contributed by atoms with Gasteiger partial charge >= 0.3 is 0 Å². The Morgan fingerprint density at radius 3 is 2.13 bits per heavy atom. The van der Waals surface area contributed by atoms with E-state index in [0.29, 0.717) is 6.04 Å². The molecular weight excluding hydrogens is 186 g/mol. The summed E-state index contributed by atoms with van der Waals surface area (Å²) in [5, 5.41) is 0. The van der Waals surface area contributed by atoms with Gasteiger partial charge in [0.2, 0.25) is 0 Å². The molecule has 15 heavy (non-hydrogen) atoms. The molecule has 0 heterocycles. The Balaban J connectivity index is 4.33. The molecule has 2 nitrogen and oxygen atoms in total. The Morgan fingerprint density at radius 2 is 1.80 bits per heavy atom. The Morgan fingerprint density at radius 1 is 1.27 bits per heavy atom. The van der Waals surface area contributed by atoms with Gasteiger partial charge in [0.25, 0.3) is 0 Å². The van der Waals surface area contributed by atoms with E-state index in [2.05, 4.69) is 39.6 Å². The maximum absolute atomic E-state index is 11.2. The molecule has 0 fully saturated rings. The summed E-state index contributed by atoms with van der Waals surface area (Å²) in [4.78, 5) is 13.5. The minimum Gasteiger partial charge on any atom is -0.303 e. The van der Waals surface area contributed by atoms with Crippen LogP contribution >= 0.6 is 0 Å². The van der Waals surface area contributed by atoms with E-state index in [1.54, 1.807) is 0 Å². The molecule has 1 atom stereocenters. The van der Waals surface area contributed by atoms with Crippen LogP contribution in [0.1, 0.15) is 53.4 Å². The van der Waals surface area contributed by atoms with Gasteiger partial charge in [-0.05, 0) is 33.2 Å². The summed E-state index contributed by atoms with van der Waals surface area (Å²) >= 11 is 0. The van der Waals surface area contributed by atoms with Gasteiger partial charge in [-0.15, -0.1) is 0 Å². The molecule has 0 amide bonds. The van der Waals surface area contributed by atoms with Crippen LogP contribution < -0.4 is 0 Å². The predicted octanol–water partition coefficient (Wildman–Crippen LogP) is 3.11. The fraction of sp³-hybridized carbons (Fsp3) is 0.923. The zero-order chi connectivity index (χ0) is 11.9. The molecule has 0 radical (unpaired) electrons. The first-order valence-corrected chi connectivity index (χ1v) is 6.21. The van der Waals surface area contributed by atoms with E-state index >= 15 is 0 Å². The van der Waals surface area contributed by atoms with E-state index < -0.39 is 0 Å². The van der Waals surface area contributed by atoms with Crippen LogP contribution in [0.3, 0.4) is 0 Å². The summed E-state index contributed by atoms with van der Waals surface area (Å²) in [6.07, 6.45) is 5.45. The highest BCUT2D eigenvalue weighted by molar-refractivity contribution is 5.59. The average molecular weight is 213 g/mol. The van der Waals surface area contributed by atoms with Crippen LogP contribution in [0.25, 0.3) is 0 Å². The summed E-state index contributed by atoms with van der Waals surface area (Å²) in [6, 6.07) is 0.576. The second kappa shape index (κ2) is 7.00. The highest BCUT2D eigenvalue weighted by Crippen LogP contribution is 2.25. The second-order valence-electron chi connectivity index (χ2n) is 4.74. The maximum atomic E-state index is 11.2. The normalized spacial score (nSPS) is 14.3. The van der Waals surface area contributed by atoms with Crippen LogP contribution in [0.4, 0.5) is 0 Å². The zero-order valence-electron chi connectivity index (χ0n) is 11.0. The van der Waals surface area contributed by atoms with Crippen molar-refractivity contribution in [3.8, 4) is 0 Å². The lowest BCUT2D eigenvalue weighted by molar-refractivity contribution is -0.117. The SMILES string of the molecule is CCCC(C)N(C)CC(C=O)(CC)CC. The molecule has 90 valence electrons.